The highest BCUT2D eigenvalue weighted by atomic mass is 19.1. The van der Waals surface area contributed by atoms with E-state index in [0.29, 0.717) is 6.42 Å². The molecule has 2 aromatic carbocycles. The monoisotopic (exact) mass is 269 g/mol. The van der Waals surface area contributed by atoms with E-state index in [0.717, 1.165) is 18.5 Å². The van der Waals surface area contributed by atoms with Crippen molar-refractivity contribution in [3.63, 3.8) is 0 Å². The van der Waals surface area contributed by atoms with Crippen LogP contribution in [0.4, 0.5) is 10.1 Å². The Hall–Kier alpha value is -2.16. The summed E-state index contributed by atoms with van der Waals surface area (Å²) < 4.78 is 13.0. The zero-order valence-electron chi connectivity index (χ0n) is 11.1. The van der Waals surface area contributed by atoms with Crippen LogP contribution in [0.3, 0.4) is 0 Å². The summed E-state index contributed by atoms with van der Waals surface area (Å²) >= 11 is 0. The first-order valence-corrected chi connectivity index (χ1v) is 6.85. The van der Waals surface area contributed by atoms with Crippen LogP contribution in [0.2, 0.25) is 0 Å². The van der Waals surface area contributed by atoms with Crippen LogP contribution in [-0.2, 0) is 11.2 Å². The molecule has 3 heteroatoms. The molecule has 1 aliphatic rings. The first-order chi connectivity index (χ1) is 9.74. The minimum atomic E-state index is -0.278. The van der Waals surface area contributed by atoms with Gasteiger partial charge in [0.1, 0.15) is 5.82 Å². The van der Waals surface area contributed by atoms with Crippen LogP contribution in [0.15, 0.2) is 54.6 Å². The predicted molar refractivity (Wildman–Crippen MR) is 77.1 cm³/mol. The standard InChI is InChI=1S/C17H16FNO/c18-14-6-8-15(9-7-14)19-16(10-11-17(19)20)12-13-4-2-1-3-5-13/h1-9,16H,10-12H2. The number of carbonyl (C=O) groups is 1. The molecule has 3 rings (SSSR count). The molecule has 1 unspecified atom stereocenters. The van der Waals surface area contributed by atoms with E-state index in [2.05, 4.69) is 12.1 Å². The minimum absolute atomic E-state index is 0.123. The van der Waals surface area contributed by atoms with Gasteiger partial charge < -0.3 is 4.90 Å². The fraction of sp³-hybridized carbons (Fsp3) is 0.235. The van der Waals surface area contributed by atoms with Crippen molar-refractivity contribution in [1.82, 2.24) is 0 Å². The molecule has 1 amide bonds. The average Bonchev–Trinajstić information content (AvgIpc) is 2.82. The lowest BCUT2D eigenvalue weighted by molar-refractivity contribution is -0.117. The van der Waals surface area contributed by atoms with Gasteiger partial charge in [-0.1, -0.05) is 30.3 Å². The SMILES string of the molecule is O=C1CCC(Cc2ccccc2)N1c1ccc(F)cc1. The molecule has 1 aliphatic heterocycles. The Morgan fingerprint density at radius 2 is 1.75 bits per heavy atom. The predicted octanol–water partition coefficient (Wildman–Crippen LogP) is 3.56. The number of hydrogen-bond donors (Lipinski definition) is 0. The number of halogens is 1. The van der Waals surface area contributed by atoms with Gasteiger partial charge >= 0.3 is 0 Å². The number of amides is 1. The molecule has 0 aliphatic carbocycles. The molecule has 0 spiro atoms. The second-order valence-electron chi connectivity index (χ2n) is 5.12. The molecular formula is C17H16FNO. The van der Waals surface area contributed by atoms with Gasteiger partial charge in [0, 0.05) is 18.2 Å². The van der Waals surface area contributed by atoms with Crippen LogP contribution >= 0.6 is 0 Å². The van der Waals surface area contributed by atoms with E-state index in [1.165, 1.54) is 17.7 Å². The Labute approximate surface area is 117 Å². The van der Waals surface area contributed by atoms with Gasteiger partial charge in [0.15, 0.2) is 0 Å². The molecule has 2 aromatic rings. The third-order valence-corrected chi connectivity index (χ3v) is 3.74. The zero-order valence-corrected chi connectivity index (χ0v) is 11.1. The van der Waals surface area contributed by atoms with Crippen LogP contribution in [0.25, 0.3) is 0 Å². The minimum Gasteiger partial charge on any atom is -0.309 e. The summed E-state index contributed by atoms with van der Waals surface area (Å²) in [7, 11) is 0. The van der Waals surface area contributed by atoms with E-state index in [-0.39, 0.29) is 17.8 Å². The Morgan fingerprint density at radius 3 is 2.45 bits per heavy atom. The van der Waals surface area contributed by atoms with E-state index in [4.69, 9.17) is 0 Å². The number of hydrogen-bond acceptors (Lipinski definition) is 1. The Balaban J connectivity index is 1.83. The number of rotatable bonds is 3. The molecule has 102 valence electrons. The molecule has 0 aromatic heterocycles. The molecule has 1 heterocycles. The molecule has 2 nitrogen and oxygen atoms in total. The maximum absolute atomic E-state index is 13.0. The molecule has 0 N–H and O–H groups in total. The van der Waals surface area contributed by atoms with Gasteiger partial charge in [0.05, 0.1) is 0 Å². The van der Waals surface area contributed by atoms with Crippen molar-refractivity contribution in [1.29, 1.82) is 0 Å². The molecule has 20 heavy (non-hydrogen) atoms. The molecule has 0 saturated carbocycles. The lowest BCUT2D eigenvalue weighted by Crippen LogP contribution is -2.34. The quantitative estimate of drug-likeness (QED) is 0.834. The lowest BCUT2D eigenvalue weighted by atomic mass is 10.0. The molecule has 1 fully saturated rings. The van der Waals surface area contributed by atoms with Crippen molar-refractivity contribution in [2.24, 2.45) is 0 Å². The smallest absolute Gasteiger partial charge is 0.227 e. The largest absolute Gasteiger partial charge is 0.309 e. The van der Waals surface area contributed by atoms with Gasteiger partial charge in [-0.15, -0.1) is 0 Å². The first-order valence-electron chi connectivity index (χ1n) is 6.85. The van der Waals surface area contributed by atoms with Crippen molar-refractivity contribution in [2.45, 2.75) is 25.3 Å². The summed E-state index contributed by atoms with van der Waals surface area (Å²) in [5.74, 6) is -0.155. The maximum atomic E-state index is 13.0. The Bertz CT molecular complexity index is 594. The summed E-state index contributed by atoms with van der Waals surface area (Å²) in [6.45, 7) is 0. The molecule has 0 radical (unpaired) electrons. The fourth-order valence-electron chi connectivity index (χ4n) is 2.78. The van der Waals surface area contributed by atoms with Gasteiger partial charge in [-0.2, -0.15) is 0 Å². The van der Waals surface area contributed by atoms with E-state index < -0.39 is 0 Å². The number of carbonyl (C=O) groups excluding carboxylic acids is 1. The number of nitrogens with zero attached hydrogens (tertiary/aromatic N) is 1. The average molecular weight is 269 g/mol. The van der Waals surface area contributed by atoms with Crippen LogP contribution in [-0.4, -0.2) is 11.9 Å². The van der Waals surface area contributed by atoms with Crippen molar-refractivity contribution < 1.29 is 9.18 Å². The lowest BCUT2D eigenvalue weighted by Gasteiger charge is -2.25. The van der Waals surface area contributed by atoms with E-state index in [9.17, 15) is 9.18 Å². The summed E-state index contributed by atoms with van der Waals surface area (Å²) in [6, 6.07) is 16.5. The highest BCUT2D eigenvalue weighted by Crippen LogP contribution is 2.28. The third-order valence-electron chi connectivity index (χ3n) is 3.74. The number of anilines is 1. The number of benzene rings is 2. The van der Waals surface area contributed by atoms with Crippen LogP contribution < -0.4 is 4.90 Å². The van der Waals surface area contributed by atoms with Crippen LogP contribution in [0.1, 0.15) is 18.4 Å². The Kier molecular flexibility index (Phi) is 3.50. The zero-order chi connectivity index (χ0) is 13.9. The van der Waals surface area contributed by atoms with Gasteiger partial charge in [-0.05, 0) is 42.7 Å². The van der Waals surface area contributed by atoms with E-state index >= 15 is 0 Å². The molecule has 1 atom stereocenters. The highest BCUT2D eigenvalue weighted by molar-refractivity contribution is 5.96. The van der Waals surface area contributed by atoms with Gasteiger partial charge in [-0.25, -0.2) is 4.39 Å². The second-order valence-corrected chi connectivity index (χ2v) is 5.12. The normalized spacial score (nSPS) is 18.6. The van der Waals surface area contributed by atoms with Crippen molar-refractivity contribution >= 4 is 11.6 Å². The summed E-state index contributed by atoms with van der Waals surface area (Å²) in [4.78, 5) is 13.9. The Morgan fingerprint density at radius 1 is 1.05 bits per heavy atom. The van der Waals surface area contributed by atoms with Crippen molar-refractivity contribution in [2.75, 3.05) is 4.90 Å². The fourth-order valence-corrected chi connectivity index (χ4v) is 2.78. The van der Waals surface area contributed by atoms with E-state index in [1.807, 2.05) is 23.1 Å². The molecule has 1 saturated heterocycles. The summed E-state index contributed by atoms with van der Waals surface area (Å²) in [5.41, 5.74) is 2.01. The summed E-state index contributed by atoms with van der Waals surface area (Å²) in [6.07, 6.45) is 2.25. The topological polar surface area (TPSA) is 20.3 Å². The maximum Gasteiger partial charge on any atom is 0.227 e. The van der Waals surface area contributed by atoms with Gasteiger partial charge in [-0.3, -0.25) is 4.79 Å². The first kappa shape index (κ1) is 12.9. The van der Waals surface area contributed by atoms with E-state index in [1.54, 1.807) is 12.1 Å². The molecular weight excluding hydrogens is 253 g/mol. The van der Waals surface area contributed by atoms with Crippen LogP contribution in [0, 0.1) is 5.82 Å². The van der Waals surface area contributed by atoms with Gasteiger partial charge in [0.2, 0.25) is 5.91 Å². The van der Waals surface area contributed by atoms with Crippen molar-refractivity contribution in [3.05, 3.63) is 66.0 Å². The second kappa shape index (κ2) is 5.45. The van der Waals surface area contributed by atoms with Crippen LogP contribution in [0.5, 0.6) is 0 Å². The van der Waals surface area contributed by atoms with Crippen molar-refractivity contribution in [3.8, 4) is 0 Å². The highest BCUT2D eigenvalue weighted by Gasteiger charge is 2.31. The third kappa shape index (κ3) is 2.57. The summed E-state index contributed by atoms with van der Waals surface area (Å²) in [5, 5.41) is 0. The van der Waals surface area contributed by atoms with Gasteiger partial charge in [0.25, 0.3) is 0 Å². The molecule has 0 bridgehead atoms.